The first-order valence-corrected chi connectivity index (χ1v) is 15.8. The van der Waals surface area contributed by atoms with Crippen molar-refractivity contribution in [2.24, 2.45) is 0 Å². The number of benzene rings is 3. The normalized spacial score (nSPS) is 13.9. The second-order valence-electron chi connectivity index (χ2n) is 13.3. The molecule has 230 valence electrons. The van der Waals surface area contributed by atoms with E-state index in [1.54, 1.807) is 0 Å². The summed E-state index contributed by atoms with van der Waals surface area (Å²) in [4.78, 5) is 30.8. The lowest BCUT2D eigenvalue weighted by molar-refractivity contribution is 0.00703. The van der Waals surface area contributed by atoms with Gasteiger partial charge in [-0.3, -0.25) is 9.78 Å². The first kappa shape index (κ1) is 30.3. The minimum Gasteiger partial charge on any atom is -0.456 e. The standard InChI is InChI=1S/C39H41N3O3/c1-24-26(3)42(23-27-11-13-28(14-12-27)32-9-7-8-10-33(32)38(44)45-39(4,5)6)36-20-18-30(21-34(24)36)37(43)41-25(2)31-17-19-35(40-22-31)29-15-16-29/h7-14,17-22,25,29H,15-16,23H2,1-6H3,(H,41,43). The van der Waals surface area contributed by atoms with Crippen molar-refractivity contribution in [3.05, 3.63) is 124 Å². The van der Waals surface area contributed by atoms with Gasteiger partial charge in [0.2, 0.25) is 0 Å². The topological polar surface area (TPSA) is 73.2 Å². The summed E-state index contributed by atoms with van der Waals surface area (Å²) in [6.07, 6.45) is 4.34. The van der Waals surface area contributed by atoms with Gasteiger partial charge < -0.3 is 14.6 Å². The van der Waals surface area contributed by atoms with Crippen molar-refractivity contribution in [2.75, 3.05) is 0 Å². The number of ether oxygens (including phenoxy) is 1. The maximum atomic E-state index is 13.3. The first-order chi connectivity index (χ1) is 21.5. The lowest BCUT2D eigenvalue weighted by Crippen LogP contribution is -2.26. The van der Waals surface area contributed by atoms with Crippen LogP contribution in [0.25, 0.3) is 22.0 Å². The summed E-state index contributed by atoms with van der Waals surface area (Å²) < 4.78 is 7.95. The van der Waals surface area contributed by atoms with Gasteiger partial charge in [0, 0.05) is 46.5 Å². The molecule has 1 aliphatic carbocycles. The molecule has 0 bridgehead atoms. The molecule has 45 heavy (non-hydrogen) atoms. The Hall–Kier alpha value is -4.71. The number of hydrogen-bond donors (Lipinski definition) is 1. The number of carbonyl (C=O) groups is 2. The molecule has 5 aromatic rings. The van der Waals surface area contributed by atoms with Gasteiger partial charge >= 0.3 is 5.97 Å². The van der Waals surface area contributed by atoms with Crippen LogP contribution in [0.5, 0.6) is 0 Å². The van der Waals surface area contributed by atoms with Gasteiger partial charge in [-0.05, 0) is 113 Å². The molecule has 1 atom stereocenters. The second kappa shape index (κ2) is 12.0. The summed E-state index contributed by atoms with van der Waals surface area (Å²) in [5.41, 5.74) is 9.17. The summed E-state index contributed by atoms with van der Waals surface area (Å²) in [6, 6.07) is 25.9. The third-order valence-corrected chi connectivity index (χ3v) is 8.71. The number of nitrogens with one attached hydrogen (secondary N) is 1. The monoisotopic (exact) mass is 599 g/mol. The SMILES string of the molecule is Cc1c(C)n(Cc2ccc(-c3ccccc3C(=O)OC(C)(C)C)cc2)c2ccc(C(=O)NC(C)c3ccc(C4CC4)nc3)cc12. The zero-order valence-corrected chi connectivity index (χ0v) is 27.0. The van der Waals surface area contributed by atoms with Crippen LogP contribution >= 0.6 is 0 Å². The number of amides is 1. The summed E-state index contributed by atoms with van der Waals surface area (Å²) in [6.45, 7) is 12.6. The van der Waals surface area contributed by atoms with Crippen molar-refractivity contribution in [1.82, 2.24) is 14.9 Å². The van der Waals surface area contributed by atoms with E-state index in [0.717, 1.165) is 50.1 Å². The maximum absolute atomic E-state index is 13.3. The maximum Gasteiger partial charge on any atom is 0.339 e. The molecule has 0 spiro atoms. The molecule has 3 aromatic carbocycles. The van der Waals surface area contributed by atoms with E-state index in [2.05, 4.69) is 65.1 Å². The van der Waals surface area contributed by atoms with Crippen LogP contribution in [0.2, 0.25) is 0 Å². The molecular weight excluding hydrogens is 558 g/mol. The smallest absolute Gasteiger partial charge is 0.339 e. The lowest BCUT2D eigenvalue weighted by atomic mass is 9.98. The molecule has 1 saturated carbocycles. The van der Waals surface area contributed by atoms with E-state index >= 15 is 0 Å². The van der Waals surface area contributed by atoms with Crippen LogP contribution in [-0.2, 0) is 11.3 Å². The minimum atomic E-state index is -0.563. The van der Waals surface area contributed by atoms with Crippen LogP contribution in [0, 0.1) is 13.8 Å². The highest BCUT2D eigenvalue weighted by Crippen LogP contribution is 2.39. The quantitative estimate of drug-likeness (QED) is 0.181. The first-order valence-electron chi connectivity index (χ1n) is 15.8. The molecule has 6 heteroatoms. The molecule has 0 radical (unpaired) electrons. The number of aryl methyl sites for hydroxylation is 1. The number of hydrogen-bond acceptors (Lipinski definition) is 4. The fraction of sp³-hybridized carbons (Fsp3) is 0.308. The summed E-state index contributed by atoms with van der Waals surface area (Å²) in [5, 5.41) is 4.22. The van der Waals surface area contributed by atoms with Crippen molar-refractivity contribution >= 4 is 22.8 Å². The number of rotatable bonds is 8. The molecule has 1 unspecified atom stereocenters. The van der Waals surface area contributed by atoms with Gasteiger partial charge in [-0.15, -0.1) is 0 Å². The van der Waals surface area contributed by atoms with E-state index in [1.807, 2.05) is 76.4 Å². The summed E-state index contributed by atoms with van der Waals surface area (Å²) in [7, 11) is 0. The summed E-state index contributed by atoms with van der Waals surface area (Å²) in [5.74, 6) is 0.194. The Labute approximate surface area is 265 Å². The van der Waals surface area contributed by atoms with Gasteiger partial charge in [0.15, 0.2) is 0 Å². The van der Waals surface area contributed by atoms with Crippen LogP contribution in [-0.4, -0.2) is 27.0 Å². The Morgan fingerprint density at radius 1 is 0.978 bits per heavy atom. The van der Waals surface area contributed by atoms with E-state index in [0.29, 0.717) is 23.6 Å². The number of aromatic nitrogens is 2. The number of esters is 1. The molecule has 0 aliphatic heterocycles. The molecule has 6 nitrogen and oxygen atoms in total. The van der Waals surface area contributed by atoms with Crippen LogP contribution in [0.4, 0.5) is 0 Å². The van der Waals surface area contributed by atoms with Gasteiger partial charge in [-0.1, -0.05) is 48.5 Å². The average molecular weight is 600 g/mol. The van der Waals surface area contributed by atoms with Crippen molar-refractivity contribution < 1.29 is 14.3 Å². The van der Waals surface area contributed by atoms with Gasteiger partial charge in [-0.25, -0.2) is 4.79 Å². The molecule has 0 saturated heterocycles. The molecular formula is C39H41N3O3. The Bertz CT molecular complexity index is 1870. The number of fused-ring (bicyclic) bond motifs is 1. The number of nitrogens with zero attached hydrogens (tertiary/aromatic N) is 2. The molecule has 2 aromatic heterocycles. The Kier molecular flexibility index (Phi) is 8.08. The van der Waals surface area contributed by atoms with Crippen molar-refractivity contribution in [3.63, 3.8) is 0 Å². The van der Waals surface area contributed by atoms with E-state index in [9.17, 15) is 9.59 Å². The van der Waals surface area contributed by atoms with E-state index in [1.165, 1.54) is 12.8 Å². The van der Waals surface area contributed by atoms with Crippen LogP contribution in [0.3, 0.4) is 0 Å². The Morgan fingerprint density at radius 2 is 1.71 bits per heavy atom. The van der Waals surface area contributed by atoms with Crippen LogP contribution in [0.1, 0.15) is 101 Å². The van der Waals surface area contributed by atoms with Crippen molar-refractivity contribution in [1.29, 1.82) is 0 Å². The van der Waals surface area contributed by atoms with Gasteiger partial charge in [0.05, 0.1) is 11.6 Å². The highest BCUT2D eigenvalue weighted by Gasteiger charge is 2.25. The Morgan fingerprint density at radius 3 is 2.38 bits per heavy atom. The Balaban J connectivity index is 1.19. The number of carbonyl (C=O) groups excluding carboxylic acids is 2. The summed E-state index contributed by atoms with van der Waals surface area (Å²) >= 11 is 0. The van der Waals surface area contributed by atoms with Gasteiger partial charge in [0.1, 0.15) is 5.60 Å². The van der Waals surface area contributed by atoms with E-state index in [4.69, 9.17) is 4.74 Å². The molecule has 1 fully saturated rings. The molecule has 2 heterocycles. The van der Waals surface area contributed by atoms with Crippen molar-refractivity contribution in [2.45, 2.75) is 78.5 Å². The highest BCUT2D eigenvalue weighted by molar-refractivity contribution is 5.99. The average Bonchev–Trinajstić information content (AvgIpc) is 3.85. The predicted octanol–water partition coefficient (Wildman–Crippen LogP) is 8.69. The number of pyridine rings is 1. The van der Waals surface area contributed by atoms with Crippen LogP contribution < -0.4 is 5.32 Å². The van der Waals surface area contributed by atoms with Crippen LogP contribution in [0.15, 0.2) is 85.1 Å². The third-order valence-electron chi connectivity index (χ3n) is 8.71. The largest absolute Gasteiger partial charge is 0.456 e. The fourth-order valence-corrected chi connectivity index (χ4v) is 5.87. The second-order valence-corrected chi connectivity index (χ2v) is 13.3. The fourth-order valence-electron chi connectivity index (χ4n) is 5.87. The van der Waals surface area contributed by atoms with E-state index < -0.39 is 5.60 Å². The highest BCUT2D eigenvalue weighted by atomic mass is 16.6. The predicted molar refractivity (Wildman–Crippen MR) is 180 cm³/mol. The molecule has 1 amide bonds. The third kappa shape index (κ3) is 6.56. The molecule has 1 N–H and O–H groups in total. The zero-order valence-electron chi connectivity index (χ0n) is 27.0. The molecule has 6 rings (SSSR count). The van der Waals surface area contributed by atoms with E-state index in [-0.39, 0.29) is 17.9 Å². The van der Waals surface area contributed by atoms with Gasteiger partial charge in [-0.2, -0.15) is 0 Å². The lowest BCUT2D eigenvalue weighted by Gasteiger charge is -2.20. The zero-order chi connectivity index (χ0) is 31.9. The van der Waals surface area contributed by atoms with Gasteiger partial charge in [0.25, 0.3) is 5.91 Å². The molecule has 1 aliphatic rings. The minimum absolute atomic E-state index is 0.0947. The van der Waals surface area contributed by atoms with Crippen molar-refractivity contribution in [3.8, 4) is 11.1 Å².